The Morgan fingerprint density at radius 1 is 0.913 bits per heavy atom. The molecule has 3 amide bonds. The van der Waals surface area contributed by atoms with E-state index in [-0.39, 0.29) is 18.5 Å². The van der Waals surface area contributed by atoms with Crippen molar-refractivity contribution in [1.29, 1.82) is 0 Å². The quantitative estimate of drug-likeness (QED) is 0.767. The molecular weight excluding hydrogens is 290 g/mol. The number of benzene rings is 2. The zero-order valence-corrected chi connectivity index (χ0v) is 13.1. The molecule has 0 unspecified atom stereocenters. The minimum absolute atomic E-state index is 0.0724. The highest BCUT2D eigenvalue weighted by Crippen LogP contribution is 2.10. The standard InChI is InChI=1S/C18H21N3O2/c1-2-14-9-6-10-16(11-14)21-17(22)13-20-18(23)19-12-15-7-4-3-5-8-15/h3-11H,2,12-13H2,1H3,(H,21,22)(H2,19,20,23). The lowest BCUT2D eigenvalue weighted by atomic mass is 10.1. The fourth-order valence-corrected chi connectivity index (χ4v) is 2.08. The second kappa shape index (κ2) is 8.58. The molecule has 0 heterocycles. The van der Waals surface area contributed by atoms with Crippen molar-refractivity contribution >= 4 is 17.6 Å². The van der Waals surface area contributed by atoms with Gasteiger partial charge in [0.15, 0.2) is 0 Å². The third kappa shape index (κ3) is 5.82. The molecule has 0 saturated heterocycles. The molecule has 0 aromatic heterocycles. The molecule has 0 saturated carbocycles. The lowest BCUT2D eigenvalue weighted by Gasteiger charge is -2.09. The number of amides is 3. The first-order valence-electron chi connectivity index (χ1n) is 7.62. The zero-order valence-electron chi connectivity index (χ0n) is 13.1. The highest BCUT2D eigenvalue weighted by molar-refractivity contribution is 5.94. The highest BCUT2D eigenvalue weighted by Gasteiger charge is 2.06. The van der Waals surface area contributed by atoms with Crippen LogP contribution in [0.3, 0.4) is 0 Å². The molecule has 0 spiro atoms. The number of rotatable bonds is 6. The Kier molecular flexibility index (Phi) is 6.17. The second-order valence-corrected chi connectivity index (χ2v) is 5.12. The van der Waals surface area contributed by atoms with Crippen molar-refractivity contribution in [2.75, 3.05) is 11.9 Å². The van der Waals surface area contributed by atoms with Crippen molar-refractivity contribution in [2.45, 2.75) is 19.9 Å². The molecule has 0 aliphatic carbocycles. The Bertz CT molecular complexity index is 656. The number of nitrogens with one attached hydrogen (secondary N) is 3. The van der Waals surface area contributed by atoms with Gasteiger partial charge in [0.1, 0.15) is 0 Å². The summed E-state index contributed by atoms with van der Waals surface area (Å²) < 4.78 is 0. The summed E-state index contributed by atoms with van der Waals surface area (Å²) in [5, 5.41) is 8.01. The number of anilines is 1. The second-order valence-electron chi connectivity index (χ2n) is 5.12. The van der Waals surface area contributed by atoms with Crippen molar-refractivity contribution < 1.29 is 9.59 Å². The molecular formula is C18H21N3O2. The van der Waals surface area contributed by atoms with Crippen molar-refractivity contribution in [3.8, 4) is 0 Å². The van der Waals surface area contributed by atoms with Gasteiger partial charge in [0.05, 0.1) is 6.54 Å². The Labute approximate surface area is 136 Å². The van der Waals surface area contributed by atoms with Gasteiger partial charge in [-0.3, -0.25) is 4.79 Å². The van der Waals surface area contributed by atoms with Crippen molar-refractivity contribution in [3.05, 3.63) is 65.7 Å². The van der Waals surface area contributed by atoms with Crippen LogP contribution in [0.15, 0.2) is 54.6 Å². The van der Waals surface area contributed by atoms with Crippen LogP contribution in [0.25, 0.3) is 0 Å². The van der Waals surface area contributed by atoms with Crippen LogP contribution >= 0.6 is 0 Å². The summed E-state index contributed by atoms with van der Waals surface area (Å²) in [5.74, 6) is -0.256. The SMILES string of the molecule is CCc1cccc(NC(=O)CNC(=O)NCc2ccccc2)c1. The molecule has 0 atom stereocenters. The van der Waals surface area contributed by atoms with Gasteiger partial charge in [0.2, 0.25) is 5.91 Å². The summed E-state index contributed by atoms with van der Waals surface area (Å²) in [6.45, 7) is 2.41. The summed E-state index contributed by atoms with van der Waals surface area (Å²) in [4.78, 5) is 23.5. The minimum Gasteiger partial charge on any atom is -0.334 e. The molecule has 5 nitrogen and oxygen atoms in total. The van der Waals surface area contributed by atoms with E-state index in [0.29, 0.717) is 6.54 Å². The third-order valence-corrected chi connectivity index (χ3v) is 3.32. The van der Waals surface area contributed by atoms with E-state index in [1.54, 1.807) is 0 Å². The summed E-state index contributed by atoms with van der Waals surface area (Å²) in [6, 6.07) is 16.9. The number of carbonyl (C=O) groups excluding carboxylic acids is 2. The maximum Gasteiger partial charge on any atom is 0.315 e. The fourth-order valence-electron chi connectivity index (χ4n) is 2.08. The van der Waals surface area contributed by atoms with Crippen molar-refractivity contribution in [1.82, 2.24) is 10.6 Å². The van der Waals surface area contributed by atoms with E-state index in [2.05, 4.69) is 22.9 Å². The lowest BCUT2D eigenvalue weighted by Crippen LogP contribution is -2.39. The zero-order chi connectivity index (χ0) is 16.5. The Morgan fingerprint density at radius 3 is 2.39 bits per heavy atom. The average molecular weight is 311 g/mol. The predicted octanol–water partition coefficient (Wildman–Crippen LogP) is 2.69. The van der Waals surface area contributed by atoms with Crippen LogP contribution in [-0.4, -0.2) is 18.5 Å². The summed E-state index contributed by atoms with van der Waals surface area (Å²) >= 11 is 0. The molecule has 23 heavy (non-hydrogen) atoms. The van der Waals surface area contributed by atoms with Crippen molar-refractivity contribution in [2.24, 2.45) is 0 Å². The lowest BCUT2D eigenvalue weighted by molar-refractivity contribution is -0.115. The maximum absolute atomic E-state index is 11.8. The molecule has 0 aliphatic heterocycles. The highest BCUT2D eigenvalue weighted by atomic mass is 16.2. The van der Waals surface area contributed by atoms with Gasteiger partial charge in [-0.05, 0) is 29.7 Å². The van der Waals surface area contributed by atoms with Gasteiger partial charge in [-0.2, -0.15) is 0 Å². The molecule has 2 aromatic rings. The van der Waals surface area contributed by atoms with Gasteiger partial charge in [-0.15, -0.1) is 0 Å². The molecule has 0 fully saturated rings. The number of aryl methyl sites for hydroxylation is 1. The van der Waals surface area contributed by atoms with E-state index in [9.17, 15) is 9.59 Å². The smallest absolute Gasteiger partial charge is 0.315 e. The summed E-state index contributed by atoms with van der Waals surface area (Å²) in [6.07, 6.45) is 0.907. The first kappa shape index (κ1) is 16.5. The van der Waals surface area contributed by atoms with Gasteiger partial charge in [-0.1, -0.05) is 49.4 Å². The first-order valence-corrected chi connectivity index (χ1v) is 7.62. The molecule has 2 aromatic carbocycles. The summed E-state index contributed by atoms with van der Waals surface area (Å²) in [5.41, 5.74) is 2.89. The van der Waals surface area contributed by atoms with E-state index in [0.717, 1.165) is 23.2 Å². The minimum atomic E-state index is -0.369. The van der Waals surface area contributed by atoms with Crippen LogP contribution in [0.2, 0.25) is 0 Å². The Balaban J connectivity index is 1.72. The molecule has 0 bridgehead atoms. The number of hydrogen-bond acceptors (Lipinski definition) is 2. The average Bonchev–Trinajstić information content (AvgIpc) is 2.59. The van der Waals surface area contributed by atoms with E-state index in [1.807, 2.05) is 54.6 Å². The monoisotopic (exact) mass is 311 g/mol. The van der Waals surface area contributed by atoms with Gasteiger partial charge in [0, 0.05) is 12.2 Å². The molecule has 0 radical (unpaired) electrons. The van der Waals surface area contributed by atoms with Crippen molar-refractivity contribution in [3.63, 3.8) is 0 Å². The van der Waals surface area contributed by atoms with E-state index in [1.165, 1.54) is 0 Å². The summed E-state index contributed by atoms with van der Waals surface area (Å²) in [7, 11) is 0. The van der Waals surface area contributed by atoms with E-state index >= 15 is 0 Å². The topological polar surface area (TPSA) is 70.2 Å². The van der Waals surface area contributed by atoms with E-state index < -0.39 is 0 Å². The number of carbonyl (C=O) groups is 2. The molecule has 120 valence electrons. The van der Waals surface area contributed by atoms with Gasteiger partial charge < -0.3 is 16.0 Å². The maximum atomic E-state index is 11.8. The van der Waals surface area contributed by atoms with E-state index in [4.69, 9.17) is 0 Å². The largest absolute Gasteiger partial charge is 0.334 e. The first-order chi connectivity index (χ1) is 11.2. The fraction of sp³-hybridized carbons (Fsp3) is 0.222. The Morgan fingerprint density at radius 2 is 1.65 bits per heavy atom. The number of urea groups is 1. The van der Waals surface area contributed by atoms with Crippen LogP contribution in [0.4, 0.5) is 10.5 Å². The third-order valence-electron chi connectivity index (χ3n) is 3.32. The van der Waals surface area contributed by atoms with Crippen LogP contribution in [0, 0.1) is 0 Å². The van der Waals surface area contributed by atoms with Crippen LogP contribution in [0.5, 0.6) is 0 Å². The molecule has 0 aliphatic rings. The normalized spacial score (nSPS) is 9.96. The predicted molar refractivity (Wildman–Crippen MR) is 91.1 cm³/mol. The van der Waals surface area contributed by atoms with Crippen LogP contribution < -0.4 is 16.0 Å². The van der Waals surface area contributed by atoms with Gasteiger partial charge in [0.25, 0.3) is 0 Å². The molecule has 5 heteroatoms. The Hall–Kier alpha value is -2.82. The van der Waals surface area contributed by atoms with Crippen LogP contribution in [-0.2, 0) is 17.8 Å². The van der Waals surface area contributed by atoms with Gasteiger partial charge >= 0.3 is 6.03 Å². The number of hydrogen-bond donors (Lipinski definition) is 3. The molecule has 3 N–H and O–H groups in total. The van der Waals surface area contributed by atoms with Crippen LogP contribution in [0.1, 0.15) is 18.1 Å². The van der Waals surface area contributed by atoms with Gasteiger partial charge in [-0.25, -0.2) is 4.79 Å². The molecule has 2 rings (SSSR count).